The molecule has 1 saturated carbocycles. The predicted octanol–water partition coefficient (Wildman–Crippen LogP) is 2.84. The summed E-state index contributed by atoms with van der Waals surface area (Å²) in [7, 11) is 0. The number of nitrogens with two attached hydrogens (primary N) is 1. The molecule has 2 nitrogen and oxygen atoms in total. The zero-order valence-corrected chi connectivity index (χ0v) is 11.0. The molecule has 0 radical (unpaired) electrons. The lowest BCUT2D eigenvalue weighted by atomic mass is 9.84. The van der Waals surface area contributed by atoms with Crippen LogP contribution < -0.4 is 5.73 Å². The van der Waals surface area contributed by atoms with E-state index in [9.17, 15) is 8.78 Å². The maximum atomic E-state index is 13.5. The van der Waals surface area contributed by atoms with Gasteiger partial charge in [0, 0.05) is 18.2 Å². The van der Waals surface area contributed by atoms with E-state index in [-0.39, 0.29) is 6.04 Å². The maximum absolute atomic E-state index is 13.5. The molecule has 4 heteroatoms. The zero-order chi connectivity index (χ0) is 13.4. The Morgan fingerprint density at radius 1 is 1.11 bits per heavy atom. The van der Waals surface area contributed by atoms with Crippen LogP contribution in [-0.2, 0) is 0 Å². The Morgan fingerprint density at radius 2 is 1.79 bits per heavy atom. The van der Waals surface area contributed by atoms with Gasteiger partial charge in [0.15, 0.2) is 0 Å². The number of hydrogen-bond acceptors (Lipinski definition) is 2. The van der Waals surface area contributed by atoms with Crippen molar-refractivity contribution < 1.29 is 8.78 Å². The third-order valence-corrected chi connectivity index (χ3v) is 4.34. The summed E-state index contributed by atoms with van der Waals surface area (Å²) < 4.78 is 26.9. The quantitative estimate of drug-likeness (QED) is 0.911. The van der Waals surface area contributed by atoms with Crippen LogP contribution in [0.2, 0.25) is 0 Å². The molecule has 1 saturated heterocycles. The molecule has 2 unspecified atom stereocenters. The standard InChI is InChI=1S/C15H20F2N2/c16-12-6-11(7-13(17)8-12)15-10(9-18)2-1-5-19(15)14-3-4-14/h6-8,10,14-15H,1-5,9,18H2. The highest BCUT2D eigenvalue weighted by molar-refractivity contribution is 5.23. The van der Waals surface area contributed by atoms with Gasteiger partial charge in [-0.25, -0.2) is 8.78 Å². The molecule has 0 bridgehead atoms. The highest BCUT2D eigenvalue weighted by atomic mass is 19.1. The van der Waals surface area contributed by atoms with E-state index in [1.54, 1.807) is 0 Å². The topological polar surface area (TPSA) is 29.3 Å². The van der Waals surface area contributed by atoms with Gasteiger partial charge in [0.2, 0.25) is 0 Å². The Labute approximate surface area is 112 Å². The van der Waals surface area contributed by atoms with Crippen molar-refractivity contribution in [3.63, 3.8) is 0 Å². The van der Waals surface area contributed by atoms with Crippen LogP contribution in [0.4, 0.5) is 8.78 Å². The molecule has 0 aromatic heterocycles. The molecule has 2 atom stereocenters. The number of nitrogens with zero attached hydrogens (tertiary/aromatic N) is 1. The summed E-state index contributed by atoms with van der Waals surface area (Å²) in [6.07, 6.45) is 4.58. The molecule has 3 rings (SSSR count). The first kappa shape index (κ1) is 13.0. The van der Waals surface area contributed by atoms with Crippen LogP contribution in [0.1, 0.15) is 37.3 Å². The first-order chi connectivity index (χ1) is 9.19. The third-order valence-electron chi connectivity index (χ3n) is 4.34. The van der Waals surface area contributed by atoms with Crippen molar-refractivity contribution in [1.29, 1.82) is 0 Å². The fourth-order valence-corrected chi connectivity index (χ4v) is 3.38. The largest absolute Gasteiger partial charge is 0.330 e. The van der Waals surface area contributed by atoms with Crippen molar-refractivity contribution in [2.45, 2.75) is 37.8 Å². The minimum absolute atomic E-state index is 0.0800. The first-order valence-corrected chi connectivity index (χ1v) is 7.11. The average molecular weight is 266 g/mol. The molecule has 1 heterocycles. The average Bonchev–Trinajstić information content (AvgIpc) is 3.20. The minimum atomic E-state index is -0.493. The fourth-order valence-electron chi connectivity index (χ4n) is 3.38. The van der Waals surface area contributed by atoms with E-state index < -0.39 is 11.6 Å². The SMILES string of the molecule is NCC1CCCN(C2CC2)C1c1cc(F)cc(F)c1. The Balaban J connectivity index is 1.95. The number of benzene rings is 1. The van der Waals surface area contributed by atoms with Gasteiger partial charge in [-0.3, -0.25) is 4.90 Å². The summed E-state index contributed by atoms with van der Waals surface area (Å²) in [6, 6.07) is 4.54. The summed E-state index contributed by atoms with van der Waals surface area (Å²) >= 11 is 0. The Hall–Kier alpha value is -1.00. The smallest absolute Gasteiger partial charge is 0.126 e. The highest BCUT2D eigenvalue weighted by Gasteiger charge is 2.40. The summed E-state index contributed by atoms with van der Waals surface area (Å²) in [4.78, 5) is 2.41. The minimum Gasteiger partial charge on any atom is -0.330 e. The molecule has 1 aromatic carbocycles. The third kappa shape index (κ3) is 2.65. The molecule has 2 aliphatic rings. The second-order valence-corrected chi connectivity index (χ2v) is 5.75. The van der Waals surface area contributed by atoms with Crippen LogP contribution in [0, 0.1) is 17.6 Å². The van der Waals surface area contributed by atoms with E-state index in [1.165, 1.54) is 25.0 Å². The summed E-state index contributed by atoms with van der Waals surface area (Å²) in [5.74, 6) is -0.685. The lowest BCUT2D eigenvalue weighted by Gasteiger charge is -2.41. The molecule has 2 N–H and O–H groups in total. The van der Waals surface area contributed by atoms with E-state index in [1.807, 2.05) is 0 Å². The molecule has 1 aliphatic heterocycles. The summed E-state index contributed by atoms with van der Waals surface area (Å²) in [5, 5.41) is 0. The molecular weight excluding hydrogens is 246 g/mol. The van der Waals surface area contributed by atoms with Crippen molar-refractivity contribution in [2.24, 2.45) is 11.7 Å². The number of halogens is 2. The van der Waals surface area contributed by atoms with Gasteiger partial charge in [-0.05, 0) is 62.4 Å². The van der Waals surface area contributed by atoms with E-state index in [4.69, 9.17) is 5.73 Å². The predicted molar refractivity (Wildman–Crippen MR) is 70.6 cm³/mol. The lowest BCUT2D eigenvalue weighted by molar-refractivity contribution is 0.0875. The van der Waals surface area contributed by atoms with E-state index in [0.29, 0.717) is 18.5 Å². The van der Waals surface area contributed by atoms with Gasteiger partial charge in [-0.1, -0.05) is 0 Å². The van der Waals surface area contributed by atoms with Crippen LogP contribution in [0.5, 0.6) is 0 Å². The molecular formula is C15H20F2N2. The van der Waals surface area contributed by atoms with Crippen LogP contribution >= 0.6 is 0 Å². The monoisotopic (exact) mass is 266 g/mol. The van der Waals surface area contributed by atoms with E-state index >= 15 is 0 Å². The lowest BCUT2D eigenvalue weighted by Crippen LogP contribution is -2.42. The number of hydrogen-bond donors (Lipinski definition) is 1. The molecule has 104 valence electrons. The second-order valence-electron chi connectivity index (χ2n) is 5.75. The van der Waals surface area contributed by atoms with Gasteiger partial charge < -0.3 is 5.73 Å². The summed E-state index contributed by atoms with van der Waals surface area (Å²) in [5.41, 5.74) is 6.63. The van der Waals surface area contributed by atoms with Crippen molar-refractivity contribution in [1.82, 2.24) is 4.90 Å². The second kappa shape index (κ2) is 5.17. The van der Waals surface area contributed by atoms with Crippen molar-refractivity contribution in [3.8, 4) is 0 Å². The van der Waals surface area contributed by atoms with Crippen LogP contribution in [-0.4, -0.2) is 24.0 Å². The van der Waals surface area contributed by atoms with Crippen LogP contribution in [0.3, 0.4) is 0 Å². The van der Waals surface area contributed by atoms with Crippen LogP contribution in [0.25, 0.3) is 0 Å². The molecule has 19 heavy (non-hydrogen) atoms. The first-order valence-electron chi connectivity index (χ1n) is 7.11. The molecule has 0 spiro atoms. The number of likely N-dealkylation sites (tertiary alicyclic amines) is 1. The van der Waals surface area contributed by atoms with Crippen molar-refractivity contribution in [3.05, 3.63) is 35.4 Å². The summed E-state index contributed by atoms with van der Waals surface area (Å²) in [6.45, 7) is 1.59. The van der Waals surface area contributed by atoms with Crippen molar-refractivity contribution in [2.75, 3.05) is 13.1 Å². The van der Waals surface area contributed by atoms with E-state index in [2.05, 4.69) is 4.90 Å². The van der Waals surface area contributed by atoms with Gasteiger partial charge in [-0.15, -0.1) is 0 Å². The Bertz CT molecular complexity index is 439. The number of piperidine rings is 1. The van der Waals surface area contributed by atoms with Gasteiger partial charge in [0.25, 0.3) is 0 Å². The van der Waals surface area contributed by atoms with Gasteiger partial charge in [0.05, 0.1) is 0 Å². The van der Waals surface area contributed by atoms with Gasteiger partial charge >= 0.3 is 0 Å². The Morgan fingerprint density at radius 3 is 2.37 bits per heavy atom. The highest BCUT2D eigenvalue weighted by Crippen LogP contribution is 2.42. The number of rotatable bonds is 3. The fraction of sp³-hybridized carbons (Fsp3) is 0.600. The zero-order valence-electron chi connectivity index (χ0n) is 11.0. The van der Waals surface area contributed by atoms with Gasteiger partial charge in [0.1, 0.15) is 11.6 Å². The van der Waals surface area contributed by atoms with Crippen molar-refractivity contribution >= 4 is 0 Å². The normalized spacial score (nSPS) is 28.6. The van der Waals surface area contributed by atoms with Gasteiger partial charge in [-0.2, -0.15) is 0 Å². The maximum Gasteiger partial charge on any atom is 0.126 e. The molecule has 2 fully saturated rings. The van der Waals surface area contributed by atoms with E-state index in [0.717, 1.165) is 31.0 Å². The molecule has 1 aromatic rings. The van der Waals surface area contributed by atoms with Crippen LogP contribution in [0.15, 0.2) is 18.2 Å². The molecule has 0 amide bonds. The molecule has 1 aliphatic carbocycles. The Kier molecular flexibility index (Phi) is 3.54.